The maximum atomic E-state index is 14.6. The standard InChI is InChI=1S/C55H86N12O14/c1-29(2)25-39(62-47(72)36(57)15-11-12-24-56)49(74)63-40(26-30(3)4)51(76)67-46(32(7)68)54(79)60-37(20-22-43(58)70)48(73)64-41(28-34-16-18-35(69)19-17-34)50(75)65-42(27-33-13-9-8-10-14-33)52(77)66-45(31(5)6)53(78)61-38(55(80)81)21-23-44(59)71/h8-10,13-14,16-19,29-32,36-42,45-46,68-69H,11-12,15,20-28,56-57H2,1-7H3,(H2,58,70)(H2,59,71)(H,60,79)(H,61,78)(H,62,72)(H,63,74)(H,64,73)(H,65,75)(H,66,77)(H,67,76)(H,80,81)/t32-,36+,37+,38+,39+,40+,41+,42+,45+,46+/m1/s1. The van der Waals surface area contributed by atoms with Crippen LogP contribution in [0.4, 0.5) is 0 Å². The number of carboxylic acids is 1. The van der Waals surface area contributed by atoms with Gasteiger partial charge in [0, 0.05) is 25.7 Å². The van der Waals surface area contributed by atoms with Crippen molar-refractivity contribution in [2.75, 3.05) is 6.54 Å². The molecule has 0 aliphatic rings. The summed E-state index contributed by atoms with van der Waals surface area (Å²) in [6, 6.07) is 1.15. The zero-order valence-corrected chi connectivity index (χ0v) is 47.3. The van der Waals surface area contributed by atoms with Gasteiger partial charge < -0.3 is 80.8 Å². The summed E-state index contributed by atoms with van der Waals surface area (Å²) in [6.45, 7) is 12.0. The molecular formula is C55H86N12O14. The van der Waals surface area contributed by atoms with Gasteiger partial charge in [0.2, 0.25) is 59.1 Å². The van der Waals surface area contributed by atoms with E-state index < -0.39 is 144 Å². The molecule has 2 aromatic carbocycles. The SMILES string of the molecule is CC(C)C[C@H](NC(=O)[C@H](CC(C)C)NC(=O)[C@@H](N)CCCCN)C(=O)N[C@H](C(=O)N[C@@H](CCC(N)=O)C(=O)N[C@@H](Cc1ccc(O)cc1)C(=O)N[C@@H](Cc1ccccc1)C(=O)N[C@H](C(=O)N[C@@H](CCC(N)=O)C(=O)O)C(C)C)[C@@H](C)O. The maximum Gasteiger partial charge on any atom is 0.326 e. The minimum absolute atomic E-state index is 0.0369. The van der Waals surface area contributed by atoms with Gasteiger partial charge in [-0.3, -0.25) is 47.9 Å². The fraction of sp³-hybridized carbons (Fsp3) is 0.582. The van der Waals surface area contributed by atoms with Gasteiger partial charge in [-0.1, -0.05) is 90.4 Å². The second-order valence-corrected chi connectivity index (χ2v) is 21.4. The fourth-order valence-corrected chi connectivity index (χ4v) is 8.35. The number of unbranched alkanes of at least 4 members (excludes halogenated alkanes) is 1. The molecule has 450 valence electrons. The van der Waals surface area contributed by atoms with Crippen molar-refractivity contribution in [2.45, 2.75) is 180 Å². The summed E-state index contributed by atoms with van der Waals surface area (Å²) in [6.07, 6.45) is -1.99. The molecule has 0 saturated heterocycles. The average Bonchev–Trinajstić information content (AvgIpc) is 3.40. The molecule has 2 rings (SSSR count). The Hall–Kier alpha value is -7.71. The molecule has 0 saturated carbocycles. The van der Waals surface area contributed by atoms with Gasteiger partial charge in [-0.25, -0.2) is 4.79 Å². The highest BCUT2D eigenvalue weighted by atomic mass is 16.4. The molecule has 26 heteroatoms. The second kappa shape index (κ2) is 35.1. The molecule has 2 aromatic rings. The fourth-order valence-electron chi connectivity index (χ4n) is 8.35. The number of carboxylic acid groups (broad SMARTS) is 1. The predicted molar refractivity (Wildman–Crippen MR) is 298 cm³/mol. The largest absolute Gasteiger partial charge is 0.508 e. The van der Waals surface area contributed by atoms with Crippen LogP contribution in [0.15, 0.2) is 54.6 Å². The van der Waals surface area contributed by atoms with E-state index >= 15 is 0 Å². The molecule has 0 aliphatic heterocycles. The number of hydrogen-bond donors (Lipinski definition) is 15. The molecule has 0 heterocycles. The van der Waals surface area contributed by atoms with Crippen LogP contribution < -0.4 is 65.5 Å². The normalized spacial score (nSPS) is 15.0. The van der Waals surface area contributed by atoms with Crippen LogP contribution >= 0.6 is 0 Å². The molecule has 19 N–H and O–H groups in total. The van der Waals surface area contributed by atoms with Crippen molar-refractivity contribution in [3.8, 4) is 5.75 Å². The van der Waals surface area contributed by atoms with Crippen LogP contribution in [0.5, 0.6) is 5.75 Å². The molecule has 81 heavy (non-hydrogen) atoms. The summed E-state index contributed by atoms with van der Waals surface area (Å²) >= 11 is 0. The van der Waals surface area contributed by atoms with E-state index in [9.17, 15) is 68.1 Å². The molecule has 10 amide bonds. The highest BCUT2D eigenvalue weighted by molar-refractivity contribution is 5.98. The maximum absolute atomic E-state index is 14.6. The lowest BCUT2D eigenvalue weighted by molar-refractivity contribution is -0.143. The summed E-state index contributed by atoms with van der Waals surface area (Å²) in [4.78, 5) is 148. The Morgan fingerprint density at radius 2 is 0.864 bits per heavy atom. The van der Waals surface area contributed by atoms with Crippen molar-refractivity contribution in [1.29, 1.82) is 0 Å². The Bertz CT molecular complexity index is 2420. The average molecular weight is 1140 g/mol. The topological polar surface area (TPSA) is 449 Å². The van der Waals surface area contributed by atoms with Crippen molar-refractivity contribution in [3.63, 3.8) is 0 Å². The minimum atomic E-state index is -1.79. The first kappa shape index (κ1) is 69.4. The van der Waals surface area contributed by atoms with Gasteiger partial charge in [-0.2, -0.15) is 0 Å². The van der Waals surface area contributed by atoms with Crippen LogP contribution in [0, 0.1) is 17.8 Å². The number of carbonyl (C=O) groups is 11. The second-order valence-electron chi connectivity index (χ2n) is 21.4. The first-order valence-corrected chi connectivity index (χ1v) is 27.2. The van der Waals surface area contributed by atoms with Gasteiger partial charge in [-0.15, -0.1) is 0 Å². The van der Waals surface area contributed by atoms with E-state index in [1.54, 1.807) is 58.0 Å². The van der Waals surface area contributed by atoms with Gasteiger partial charge in [0.25, 0.3) is 0 Å². The van der Waals surface area contributed by atoms with Crippen LogP contribution in [0.3, 0.4) is 0 Å². The molecule has 0 radical (unpaired) electrons. The van der Waals surface area contributed by atoms with Crippen molar-refractivity contribution >= 4 is 65.0 Å². The third-order valence-corrected chi connectivity index (χ3v) is 12.8. The molecule has 0 aromatic heterocycles. The summed E-state index contributed by atoms with van der Waals surface area (Å²) in [7, 11) is 0. The van der Waals surface area contributed by atoms with E-state index in [2.05, 4.69) is 42.5 Å². The molecule has 0 fully saturated rings. The number of aliphatic hydroxyl groups excluding tert-OH is 1. The van der Waals surface area contributed by atoms with E-state index in [0.29, 0.717) is 36.9 Å². The van der Waals surface area contributed by atoms with Crippen LogP contribution in [-0.4, -0.2) is 147 Å². The lowest BCUT2D eigenvalue weighted by Crippen LogP contribution is -2.62. The van der Waals surface area contributed by atoms with Crippen LogP contribution in [0.1, 0.15) is 117 Å². The molecular weight excluding hydrogens is 1050 g/mol. The summed E-state index contributed by atoms with van der Waals surface area (Å²) < 4.78 is 0. The smallest absolute Gasteiger partial charge is 0.326 e. The molecule has 0 spiro atoms. The number of amides is 10. The van der Waals surface area contributed by atoms with Crippen LogP contribution in [0.2, 0.25) is 0 Å². The van der Waals surface area contributed by atoms with E-state index in [4.69, 9.17) is 22.9 Å². The van der Waals surface area contributed by atoms with E-state index in [1.165, 1.54) is 31.2 Å². The molecule has 10 atom stereocenters. The van der Waals surface area contributed by atoms with Crippen molar-refractivity contribution < 1.29 is 68.1 Å². The first-order valence-electron chi connectivity index (χ1n) is 27.2. The minimum Gasteiger partial charge on any atom is -0.508 e. The molecule has 0 aliphatic carbocycles. The van der Waals surface area contributed by atoms with Crippen LogP contribution in [0.25, 0.3) is 0 Å². The van der Waals surface area contributed by atoms with Crippen molar-refractivity contribution in [2.24, 2.45) is 40.7 Å². The van der Waals surface area contributed by atoms with Crippen molar-refractivity contribution in [3.05, 3.63) is 65.7 Å². The quantitative estimate of drug-likeness (QED) is 0.0334. The number of rotatable bonds is 37. The van der Waals surface area contributed by atoms with E-state index in [1.807, 2.05) is 13.8 Å². The van der Waals surface area contributed by atoms with E-state index in [0.717, 1.165) is 0 Å². The summed E-state index contributed by atoms with van der Waals surface area (Å²) in [5, 5.41) is 51.1. The Morgan fingerprint density at radius 1 is 0.469 bits per heavy atom. The number of nitrogens with one attached hydrogen (secondary N) is 8. The number of phenols is 1. The van der Waals surface area contributed by atoms with Gasteiger partial charge in [0.05, 0.1) is 12.1 Å². The lowest BCUT2D eigenvalue weighted by Gasteiger charge is -2.29. The number of aromatic hydroxyl groups is 1. The van der Waals surface area contributed by atoms with E-state index in [-0.39, 0.29) is 56.1 Å². The molecule has 26 nitrogen and oxygen atoms in total. The first-order chi connectivity index (χ1) is 38.0. The zero-order valence-electron chi connectivity index (χ0n) is 47.3. The van der Waals surface area contributed by atoms with Gasteiger partial charge >= 0.3 is 5.97 Å². The third-order valence-electron chi connectivity index (χ3n) is 12.8. The zero-order chi connectivity index (χ0) is 61.1. The predicted octanol–water partition coefficient (Wildman–Crippen LogP) is -1.74. The third kappa shape index (κ3) is 26.0. The number of carbonyl (C=O) groups excluding carboxylic acids is 10. The van der Waals surface area contributed by atoms with Gasteiger partial charge in [0.15, 0.2) is 0 Å². The number of aliphatic hydroxyl groups is 1. The highest BCUT2D eigenvalue weighted by Crippen LogP contribution is 2.15. The number of benzene rings is 2. The Kier molecular flexibility index (Phi) is 30.1. The monoisotopic (exact) mass is 1140 g/mol. The number of primary amides is 2. The van der Waals surface area contributed by atoms with Gasteiger partial charge in [0.1, 0.15) is 54.1 Å². The number of hydrogen-bond acceptors (Lipinski definition) is 15. The summed E-state index contributed by atoms with van der Waals surface area (Å²) in [5.41, 5.74) is 23.3. The number of aliphatic carboxylic acids is 1. The number of phenolic OH excluding ortho intramolecular Hbond substituents is 1. The van der Waals surface area contributed by atoms with Gasteiger partial charge in [-0.05, 0) is 93.0 Å². The lowest BCUT2D eigenvalue weighted by atomic mass is 9.99. The molecule has 0 unspecified atom stereocenters. The van der Waals surface area contributed by atoms with Crippen molar-refractivity contribution in [1.82, 2.24) is 42.5 Å². The Balaban J connectivity index is 2.53. The van der Waals surface area contributed by atoms with Crippen LogP contribution in [-0.2, 0) is 65.6 Å². The highest BCUT2D eigenvalue weighted by Gasteiger charge is 2.37. The Labute approximate surface area is 472 Å². The Morgan fingerprint density at radius 3 is 1.33 bits per heavy atom. The summed E-state index contributed by atoms with van der Waals surface area (Å²) in [5.74, 6) is -11.4. The molecule has 0 bridgehead atoms. The number of nitrogens with two attached hydrogens (primary N) is 4.